The van der Waals surface area contributed by atoms with Gasteiger partial charge in [0, 0.05) is 32.4 Å². The molecule has 0 aliphatic rings. The van der Waals surface area contributed by atoms with E-state index in [-0.39, 0.29) is 0 Å². The summed E-state index contributed by atoms with van der Waals surface area (Å²) < 4.78 is 22.2. The third-order valence-corrected chi connectivity index (χ3v) is 9.18. The van der Waals surface area contributed by atoms with Crippen LogP contribution < -0.4 is 9.88 Å². The molecule has 2 aromatic heterocycles. The minimum atomic E-state index is -2.57. The molecule has 2 heterocycles. The number of hydrogen-bond acceptors (Lipinski definition) is 5. The van der Waals surface area contributed by atoms with Crippen LogP contribution in [0.15, 0.2) is 49.1 Å². The van der Waals surface area contributed by atoms with E-state index in [1.807, 2.05) is 20.8 Å². The smallest absolute Gasteiger partial charge is 0.374 e. The molecular formula is C28H43N4O3Si+. The van der Waals surface area contributed by atoms with Crippen LogP contribution in [0.25, 0.3) is 5.69 Å². The van der Waals surface area contributed by atoms with E-state index in [0.717, 1.165) is 43.5 Å². The number of nitrogens with one attached hydrogen (secondary N) is 1. The van der Waals surface area contributed by atoms with Crippen molar-refractivity contribution in [3.8, 4) is 5.69 Å². The molecule has 0 bridgehead atoms. The van der Waals surface area contributed by atoms with Gasteiger partial charge in [0.1, 0.15) is 24.6 Å². The van der Waals surface area contributed by atoms with Gasteiger partial charge in [0.2, 0.25) is 6.33 Å². The standard InChI is InChI=1S/C28H43N4O3Si/c1-7-33-36(34-8-2,35-9-3)17-11-14-29-20-26-12-10-13-27(30-26)21-31-15-16-32(22-31)28-24(5)18-23(4)19-25(28)6/h10,12-13,15-16,18-19,22,29H,7-9,11,14,17,20-21H2,1-6H3/q+1. The van der Waals surface area contributed by atoms with Gasteiger partial charge in [0.25, 0.3) is 0 Å². The van der Waals surface area contributed by atoms with Crippen molar-refractivity contribution in [2.24, 2.45) is 0 Å². The first-order valence-electron chi connectivity index (χ1n) is 13.1. The van der Waals surface area contributed by atoms with Crippen LogP contribution >= 0.6 is 0 Å². The molecule has 196 valence electrons. The number of aryl methyl sites for hydroxylation is 3. The molecule has 0 aliphatic heterocycles. The van der Waals surface area contributed by atoms with Crippen LogP contribution in [0.5, 0.6) is 0 Å². The van der Waals surface area contributed by atoms with Crippen molar-refractivity contribution >= 4 is 8.80 Å². The van der Waals surface area contributed by atoms with E-state index in [1.165, 1.54) is 22.4 Å². The summed E-state index contributed by atoms with van der Waals surface area (Å²) in [6, 6.07) is 11.5. The Balaban J connectivity index is 1.54. The molecule has 0 amide bonds. The van der Waals surface area contributed by atoms with Crippen molar-refractivity contribution in [1.29, 1.82) is 0 Å². The predicted molar refractivity (Wildman–Crippen MR) is 145 cm³/mol. The molecule has 0 fully saturated rings. The Morgan fingerprint density at radius 2 is 1.58 bits per heavy atom. The lowest BCUT2D eigenvalue weighted by atomic mass is 10.1. The van der Waals surface area contributed by atoms with E-state index < -0.39 is 8.80 Å². The van der Waals surface area contributed by atoms with E-state index in [1.54, 1.807) is 0 Å². The first-order chi connectivity index (χ1) is 17.4. The SMILES string of the molecule is CCO[Si](CCCNCc1cccc(C[n+]2ccn(-c3c(C)cc(C)cc3C)c2)n1)(OCC)OCC. The van der Waals surface area contributed by atoms with Crippen LogP contribution in [0.2, 0.25) is 6.04 Å². The minimum absolute atomic E-state index is 0.613. The Kier molecular flexibility index (Phi) is 10.8. The van der Waals surface area contributed by atoms with E-state index in [9.17, 15) is 0 Å². The maximum atomic E-state index is 5.95. The zero-order valence-corrected chi connectivity index (χ0v) is 23.8. The normalized spacial score (nSPS) is 11.8. The average molecular weight is 512 g/mol. The monoisotopic (exact) mass is 511 g/mol. The second-order valence-electron chi connectivity index (χ2n) is 9.12. The molecule has 7 nitrogen and oxygen atoms in total. The molecule has 0 saturated carbocycles. The highest BCUT2D eigenvalue weighted by Crippen LogP contribution is 2.20. The van der Waals surface area contributed by atoms with Crippen molar-refractivity contribution in [2.75, 3.05) is 26.4 Å². The summed E-state index contributed by atoms with van der Waals surface area (Å²) in [4.78, 5) is 4.87. The van der Waals surface area contributed by atoms with Crippen LogP contribution in [-0.2, 0) is 26.4 Å². The summed E-state index contributed by atoms with van der Waals surface area (Å²) >= 11 is 0. The highest BCUT2D eigenvalue weighted by Gasteiger charge is 2.39. The molecule has 36 heavy (non-hydrogen) atoms. The number of imidazole rings is 1. The summed E-state index contributed by atoms with van der Waals surface area (Å²) in [5.41, 5.74) is 7.19. The van der Waals surface area contributed by atoms with Crippen LogP contribution in [0, 0.1) is 20.8 Å². The first-order valence-corrected chi connectivity index (χ1v) is 15.1. The minimum Gasteiger partial charge on any atom is -0.374 e. The number of aromatic nitrogens is 3. The fourth-order valence-corrected chi connectivity index (χ4v) is 7.36. The van der Waals surface area contributed by atoms with Crippen molar-refractivity contribution in [2.45, 2.75) is 67.1 Å². The van der Waals surface area contributed by atoms with Gasteiger partial charge in [0.15, 0.2) is 0 Å². The van der Waals surface area contributed by atoms with Gasteiger partial charge >= 0.3 is 8.80 Å². The highest BCUT2D eigenvalue weighted by atomic mass is 28.4. The van der Waals surface area contributed by atoms with Gasteiger partial charge in [-0.1, -0.05) is 23.8 Å². The molecule has 8 heteroatoms. The second kappa shape index (κ2) is 13.8. The van der Waals surface area contributed by atoms with Gasteiger partial charge in [-0.15, -0.1) is 0 Å². The molecule has 3 aromatic rings. The maximum Gasteiger partial charge on any atom is 0.500 e. The third kappa shape index (κ3) is 7.82. The molecule has 3 rings (SSSR count). The number of nitrogens with zero attached hydrogens (tertiary/aromatic N) is 3. The van der Waals surface area contributed by atoms with Crippen molar-refractivity contribution < 1.29 is 17.8 Å². The van der Waals surface area contributed by atoms with Gasteiger partial charge in [-0.2, -0.15) is 0 Å². The van der Waals surface area contributed by atoms with Crippen LogP contribution in [0.4, 0.5) is 0 Å². The first kappa shape index (κ1) is 28.2. The number of pyridine rings is 1. The topological polar surface area (TPSA) is 61.4 Å². The molecule has 1 N–H and O–H groups in total. The number of benzene rings is 1. The quantitative estimate of drug-likeness (QED) is 0.183. The van der Waals surface area contributed by atoms with Crippen LogP contribution in [0.3, 0.4) is 0 Å². The maximum absolute atomic E-state index is 5.95. The average Bonchev–Trinajstić information content (AvgIpc) is 3.26. The van der Waals surface area contributed by atoms with E-state index in [2.05, 4.69) is 84.3 Å². The Hall–Kier alpha value is -2.36. The van der Waals surface area contributed by atoms with Gasteiger partial charge in [-0.3, -0.25) is 4.98 Å². The molecule has 0 spiro atoms. The predicted octanol–water partition coefficient (Wildman–Crippen LogP) is 4.66. The Labute approximate surface area is 217 Å². The lowest BCUT2D eigenvalue weighted by Gasteiger charge is -2.28. The van der Waals surface area contributed by atoms with Crippen LogP contribution in [0.1, 0.15) is 55.3 Å². The fourth-order valence-electron chi connectivity index (χ4n) is 4.75. The summed E-state index contributed by atoms with van der Waals surface area (Å²) in [6.07, 6.45) is 7.30. The van der Waals surface area contributed by atoms with E-state index in [0.29, 0.717) is 19.8 Å². The van der Waals surface area contributed by atoms with Crippen molar-refractivity contribution in [3.63, 3.8) is 0 Å². The largest absolute Gasteiger partial charge is 0.500 e. The van der Waals surface area contributed by atoms with Gasteiger partial charge in [-0.25, -0.2) is 9.13 Å². The molecule has 0 saturated heterocycles. The second-order valence-corrected chi connectivity index (χ2v) is 11.9. The Morgan fingerprint density at radius 3 is 2.22 bits per heavy atom. The van der Waals surface area contributed by atoms with E-state index in [4.69, 9.17) is 18.3 Å². The lowest BCUT2D eigenvalue weighted by molar-refractivity contribution is -0.688. The van der Waals surface area contributed by atoms with Crippen molar-refractivity contribution in [3.05, 3.63) is 77.1 Å². The summed E-state index contributed by atoms with van der Waals surface area (Å²) in [6.45, 7) is 16.6. The zero-order valence-electron chi connectivity index (χ0n) is 22.8. The number of hydrogen-bond donors (Lipinski definition) is 1. The zero-order chi connectivity index (χ0) is 26.0. The summed E-state index contributed by atoms with van der Waals surface area (Å²) in [5, 5.41) is 3.52. The summed E-state index contributed by atoms with van der Waals surface area (Å²) in [7, 11) is -2.57. The lowest BCUT2D eigenvalue weighted by Crippen LogP contribution is -2.46. The molecule has 0 radical (unpaired) electrons. The van der Waals surface area contributed by atoms with Crippen molar-refractivity contribution in [1.82, 2.24) is 14.9 Å². The third-order valence-electron chi connectivity index (χ3n) is 6.03. The summed E-state index contributed by atoms with van der Waals surface area (Å²) in [5.74, 6) is 0. The molecular weight excluding hydrogens is 468 g/mol. The molecule has 0 aliphatic carbocycles. The number of rotatable bonds is 15. The Morgan fingerprint density at radius 1 is 0.944 bits per heavy atom. The van der Waals surface area contributed by atoms with E-state index >= 15 is 0 Å². The van der Waals surface area contributed by atoms with Crippen LogP contribution in [-0.4, -0.2) is 44.7 Å². The van der Waals surface area contributed by atoms with Gasteiger partial charge in [0.05, 0.1) is 11.4 Å². The molecule has 0 atom stereocenters. The molecule has 1 aromatic carbocycles. The van der Waals surface area contributed by atoms with Gasteiger partial charge in [-0.05, 0) is 77.8 Å². The molecule has 0 unspecified atom stereocenters. The Bertz CT molecular complexity index is 1060. The highest BCUT2D eigenvalue weighted by molar-refractivity contribution is 6.60. The van der Waals surface area contributed by atoms with Gasteiger partial charge < -0.3 is 18.6 Å². The fraction of sp³-hybridized carbons (Fsp3) is 0.500.